The van der Waals surface area contributed by atoms with Crippen LogP contribution in [0.25, 0.3) is 0 Å². The lowest BCUT2D eigenvalue weighted by Crippen LogP contribution is -1.97. The summed E-state index contributed by atoms with van der Waals surface area (Å²) in [7, 11) is 0. The second-order valence-electron chi connectivity index (χ2n) is 3.37. The normalized spacial score (nSPS) is 10.8. The lowest BCUT2D eigenvalue weighted by molar-refractivity contribution is 0.299. The van der Waals surface area contributed by atoms with E-state index in [1.807, 2.05) is 24.0 Å². The van der Waals surface area contributed by atoms with Crippen LogP contribution in [-0.2, 0) is 13.0 Å². The Bertz CT molecular complexity index is 435. The summed E-state index contributed by atoms with van der Waals surface area (Å²) >= 11 is 1.68. The number of thiazole rings is 1. The van der Waals surface area contributed by atoms with Crippen LogP contribution in [0, 0.1) is 6.92 Å². The van der Waals surface area contributed by atoms with E-state index in [1.54, 1.807) is 17.5 Å². The van der Waals surface area contributed by atoms with E-state index in [2.05, 4.69) is 10.1 Å². The smallest absolute Gasteiger partial charge is 0.0897 e. The summed E-state index contributed by atoms with van der Waals surface area (Å²) in [5.41, 5.74) is 1.07. The van der Waals surface area contributed by atoms with Crippen LogP contribution >= 0.6 is 11.3 Å². The maximum Gasteiger partial charge on any atom is 0.0897 e. The van der Waals surface area contributed by atoms with Gasteiger partial charge in [-0.1, -0.05) is 0 Å². The van der Waals surface area contributed by atoms with Gasteiger partial charge >= 0.3 is 0 Å². The number of hydrogen-bond acceptors (Lipinski definition) is 4. The summed E-state index contributed by atoms with van der Waals surface area (Å²) in [5, 5.41) is 14.1. The lowest BCUT2D eigenvalue weighted by Gasteiger charge is -1.96. The zero-order chi connectivity index (χ0) is 10.7. The Kier molecular flexibility index (Phi) is 3.13. The predicted molar refractivity (Wildman–Crippen MR) is 59.0 cm³/mol. The van der Waals surface area contributed by atoms with Gasteiger partial charge in [0.25, 0.3) is 0 Å². The van der Waals surface area contributed by atoms with Crippen molar-refractivity contribution in [1.82, 2.24) is 14.8 Å². The van der Waals surface area contributed by atoms with Crippen molar-refractivity contribution >= 4 is 11.3 Å². The third kappa shape index (κ3) is 2.64. The largest absolute Gasteiger partial charge is 0.396 e. The highest BCUT2D eigenvalue weighted by molar-refractivity contribution is 7.11. The topological polar surface area (TPSA) is 50.9 Å². The van der Waals surface area contributed by atoms with Gasteiger partial charge in [0.2, 0.25) is 0 Å². The monoisotopic (exact) mass is 223 g/mol. The first-order valence-electron chi connectivity index (χ1n) is 4.81. The van der Waals surface area contributed by atoms with Gasteiger partial charge in [-0.3, -0.25) is 4.68 Å². The van der Waals surface area contributed by atoms with Crippen molar-refractivity contribution in [2.45, 2.75) is 19.9 Å². The molecule has 0 fully saturated rings. The van der Waals surface area contributed by atoms with Gasteiger partial charge in [0, 0.05) is 23.9 Å². The van der Waals surface area contributed by atoms with E-state index in [0.29, 0.717) is 6.42 Å². The third-order valence-corrected chi connectivity index (χ3v) is 2.97. The molecule has 0 aliphatic rings. The fraction of sp³-hybridized carbons (Fsp3) is 0.400. The summed E-state index contributed by atoms with van der Waals surface area (Å²) in [6.07, 6.45) is 6.31. The summed E-state index contributed by atoms with van der Waals surface area (Å²) in [4.78, 5) is 5.39. The maximum atomic E-state index is 8.78. The predicted octanol–water partition coefficient (Wildman–Crippen LogP) is 1.23. The fourth-order valence-electron chi connectivity index (χ4n) is 1.39. The zero-order valence-corrected chi connectivity index (χ0v) is 9.37. The van der Waals surface area contributed by atoms with Gasteiger partial charge in [-0.25, -0.2) is 4.98 Å². The number of nitrogens with zero attached hydrogens (tertiary/aromatic N) is 3. The van der Waals surface area contributed by atoms with Gasteiger partial charge in [0.1, 0.15) is 0 Å². The molecule has 1 N–H and O–H groups in total. The molecule has 15 heavy (non-hydrogen) atoms. The van der Waals surface area contributed by atoms with Crippen molar-refractivity contribution in [3.05, 3.63) is 34.0 Å². The quantitative estimate of drug-likeness (QED) is 0.848. The molecule has 2 heterocycles. The fourth-order valence-corrected chi connectivity index (χ4v) is 2.18. The molecule has 0 saturated heterocycles. The average Bonchev–Trinajstić information content (AvgIpc) is 2.78. The van der Waals surface area contributed by atoms with Crippen LogP contribution in [0.4, 0.5) is 0 Å². The Balaban J connectivity index is 2.04. The van der Waals surface area contributed by atoms with E-state index in [0.717, 1.165) is 17.1 Å². The highest BCUT2D eigenvalue weighted by Crippen LogP contribution is 2.13. The zero-order valence-electron chi connectivity index (χ0n) is 8.55. The van der Waals surface area contributed by atoms with Gasteiger partial charge in [-0.2, -0.15) is 5.10 Å². The molecule has 2 aromatic rings. The van der Waals surface area contributed by atoms with Crippen molar-refractivity contribution in [1.29, 1.82) is 0 Å². The van der Waals surface area contributed by atoms with Gasteiger partial charge in [0.05, 0.1) is 17.7 Å². The van der Waals surface area contributed by atoms with Gasteiger partial charge in [0.15, 0.2) is 0 Å². The van der Waals surface area contributed by atoms with E-state index in [1.165, 1.54) is 4.88 Å². The van der Waals surface area contributed by atoms with Crippen LogP contribution in [-0.4, -0.2) is 26.5 Å². The molecule has 0 unspecified atom stereocenters. The minimum absolute atomic E-state index is 0.172. The molecular weight excluding hydrogens is 210 g/mol. The van der Waals surface area contributed by atoms with E-state index < -0.39 is 0 Å². The summed E-state index contributed by atoms with van der Waals surface area (Å²) in [5.74, 6) is 0. The number of rotatable bonds is 4. The Morgan fingerprint density at radius 2 is 2.33 bits per heavy atom. The van der Waals surface area contributed by atoms with E-state index >= 15 is 0 Å². The number of hydrogen-bond donors (Lipinski definition) is 1. The molecule has 2 aromatic heterocycles. The molecule has 2 rings (SSSR count). The second kappa shape index (κ2) is 4.55. The molecule has 0 amide bonds. The molecule has 0 aliphatic heterocycles. The van der Waals surface area contributed by atoms with E-state index in [9.17, 15) is 0 Å². The molecule has 0 aliphatic carbocycles. The lowest BCUT2D eigenvalue weighted by atomic mass is 10.3. The maximum absolute atomic E-state index is 8.78. The van der Waals surface area contributed by atoms with Crippen molar-refractivity contribution in [3.63, 3.8) is 0 Å². The highest BCUT2D eigenvalue weighted by atomic mass is 32.1. The Morgan fingerprint density at radius 1 is 1.47 bits per heavy atom. The minimum Gasteiger partial charge on any atom is -0.396 e. The Hall–Kier alpha value is -1.20. The minimum atomic E-state index is 0.172. The van der Waals surface area contributed by atoms with Crippen LogP contribution < -0.4 is 0 Å². The molecule has 0 radical (unpaired) electrons. The van der Waals surface area contributed by atoms with Crippen LogP contribution in [0.15, 0.2) is 18.6 Å². The second-order valence-corrected chi connectivity index (χ2v) is 4.68. The molecular formula is C10H13N3OS. The van der Waals surface area contributed by atoms with E-state index in [4.69, 9.17) is 5.11 Å². The summed E-state index contributed by atoms with van der Waals surface area (Å²) < 4.78 is 1.87. The number of aromatic nitrogens is 3. The van der Waals surface area contributed by atoms with Crippen LogP contribution in [0.3, 0.4) is 0 Å². The molecule has 4 nitrogen and oxygen atoms in total. The molecule has 0 saturated carbocycles. The average molecular weight is 223 g/mol. The molecule has 5 heteroatoms. The van der Waals surface area contributed by atoms with Crippen molar-refractivity contribution < 1.29 is 5.11 Å². The van der Waals surface area contributed by atoms with Gasteiger partial charge in [-0.05, 0) is 18.9 Å². The first kappa shape index (κ1) is 10.3. The summed E-state index contributed by atoms with van der Waals surface area (Å²) in [6, 6.07) is 0. The number of aliphatic hydroxyl groups is 1. The van der Waals surface area contributed by atoms with Crippen LogP contribution in [0.1, 0.15) is 15.4 Å². The van der Waals surface area contributed by atoms with Crippen LogP contribution in [0.5, 0.6) is 0 Å². The highest BCUT2D eigenvalue weighted by Gasteiger charge is 2.01. The SMILES string of the molecule is Cc1ncc(Cn2cc(CCO)cn2)s1. The third-order valence-electron chi connectivity index (χ3n) is 2.07. The molecule has 0 bridgehead atoms. The first-order chi connectivity index (χ1) is 7.28. The van der Waals surface area contributed by atoms with Crippen molar-refractivity contribution in [2.24, 2.45) is 0 Å². The Labute approximate surface area is 92.2 Å². The van der Waals surface area contributed by atoms with Gasteiger partial charge in [-0.15, -0.1) is 11.3 Å². The van der Waals surface area contributed by atoms with Crippen molar-refractivity contribution in [2.75, 3.05) is 6.61 Å². The van der Waals surface area contributed by atoms with Gasteiger partial charge < -0.3 is 5.11 Å². The number of aliphatic hydroxyl groups excluding tert-OH is 1. The van der Waals surface area contributed by atoms with E-state index in [-0.39, 0.29) is 6.61 Å². The summed E-state index contributed by atoms with van der Waals surface area (Å²) in [6.45, 7) is 2.93. The van der Waals surface area contributed by atoms with Crippen LogP contribution in [0.2, 0.25) is 0 Å². The number of aryl methyl sites for hydroxylation is 1. The van der Waals surface area contributed by atoms with Crippen molar-refractivity contribution in [3.8, 4) is 0 Å². The standard InChI is InChI=1S/C10H13N3OS/c1-8-11-5-10(15-8)7-13-6-9(2-3-14)4-12-13/h4-6,14H,2-3,7H2,1H3. The first-order valence-corrected chi connectivity index (χ1v) is 5.63. The molecule has 80 valence electrons. The Morgan fingerprint density at radius 3 is 3.00 bits per heavy atom. The molecule has 0 aromatic carbocycles. The molecule has 0 atom stereocenters. The molecule has 0 spiro atoms.